The van der Waals surface area contributed by atoms with Gasteiger partial charge in [-0.15, -0.1) is 0 Å². The third-order valence-corrected chi connectivity index (χ3v) is 5.58. The van der Waals surface area contributed by atoms with Crippen LogP contribution in [0.4, 0.5) is 0 Å². The van der Waals surface area contributed by atoms with Gasteiger partial charge in [0.1, 0.15) is 0 Å². The van der Waals surface area contributed by atoms with E-state index in [0.717, 1.165) is 5.56 Å². The van der Waals surface area contributed by atoms with Crippen LogP contribution in [0.1, 0.15) is 42.7 Å². The Kier molecular flexibility index (Phi) is 7.31. The van der Waals surface area contributed by atoms with Crippen LogP contribution in [0.5, 0.6) is 0 Å². The molecule has 0 saturated heterocycles. The van der Waals surface area contributed by atoms with Gasteiger partial charge in [-0.25, -0.2) is 13.1 Å². The van der Waals surface area contributed by atoms with E-state index in [1.54, 1.807) is 13.8 Å². The first-order valence-corrected chi connectivity index (χ1v) is 10.4. The quantitative estimate of drug-likeness (QED) is 0.627. The lowest BCUT2D eigenvalue weighted by molar-refractivity contribution is -0.120. The molecule has 0 radical (unpaired) electrons. The maximum atomic E-state index is 12.2. The van der Waals surface area contributed by atoms with Crippen LogP contribution < -0.4 is 15.4 Å². The maximum Gasteiger partial charge on any atom is 0.251 e. The standard InChI is InChI=1S/C20H25N3O4S/c1-14(2)23-28(26,27)18-11-9-17(10-12-18)20(25)21-13-19(24)22-15(3)16-7-5-4-6-8-16/h4-12,14-15,23H,13H2,1-3H3,(H,21,25)(H,22,24)/t15-/m1/s1. The number of hydrogen-bond donors (Lipinski definition) is 3. The summed E-state index contributed by atoms with van der Waals surface area (Å²) in [6.07, 6.45) is 0. The Morgan fingerprint density at radius 1 is 0.929 bits per heavy atom. The third kappa shape index (κ3) is 6.17. The van der Waals surface area contributed by atoms with Crippen LogP contribution in [0, 0.1) is 0 Å². The van der Waals surface area contributed by atoms with Gasteiger partial charge in [-0.2, -0.15) is 0 Å². The summed E-state index contributed by atoms with van der Waals surface area (Å²) in [6, 6.07) is 14.6. The Morgan fingerprint density at radius 2 is 1.54 bits per heavy atom. The molecule has 0 unspecified atom stereocenters. The van der Waals surface area contributed by atoms with Crippen molar-refractivity contribution < 1.29 is 18.0 Å². The van der Waals surface area contributed by atoms with E-state index in [1.165, 1.54) is 24.3 Å². The van der Waals surface area contributed by atoms with E-state index in [-0.39, 0.29) is 35.0 Å². The number of carbonyl (C=O) groups is 2. The van der Waals surface area contributed by atoms with E-state index in [4.69, 9.17) is 0 Å². The van der Waals surface area contributed by atoms with Crippen LogP contribution in [-0.4, -0.2) is 32.8 Å². The second-order valence-electron chi connectivity index (χ2n) is 6.68. The Labute approximate surface area is 165 Å². The van der Waals surface area contributed by atoms with Crippen LogP contribution in [0.2, 0.25) is 0 Å². The molecule has 0 saturated carbocycles. The lowest BCUT2D eigenvalue weighted by Gasteiger charge is -2.14. The lowest BCUT2D eigenvalue weighted by atomic mass is 10.1. The summed E-state index contributed by atoms with van der Waals surface area (Å²) in [5, 5.41) is 5.34. The molecule has 0 aliphatic rings. The van der Waals surface area contributed by atoms with Gasteiger partial charge in [-0.05, 0) is 50.6 Å². The zero-order chi connectivity index (χ0) is 20.7. The van der Waals surface area contributed by atoms with Gasteiger partial charge in [0.05, 0.1) is 17.5 Å². The number of sulfonamides is 1. The molecule has 0 aliphatic carbocycles. The average molecular weight is 404 g/mol. The average Bonchev–Trinajstić information content (AvgIpc) is 2.66. The molecule has 2 aromatic rings. The molecule has 0 aromatic heterocycles. The van der Waals surface area contributed by atoms with Crippen molar-refractivity contribution in [3.05, 3.63) is 65.7 Å². The van der Waals surface area contributed by atoms with E-state index >= 15 is 0 Å². The topological polar surface area (TPSA) is 104 Å². The van der Waals surface area contributed by atoms with Crippen molar-refractivity contribution in [2.24, 2.45) is 0 Å². The monoisotopic (exact) mass is 403 g/mol. The van der Waals surface area contributed by atoms with E-state index in [9.17, 15) is 18.0 Å². The second-order valence-corrected chi connectivity index (χ2v) is 8.40. The molecule has 7 nitrogen and oxygen atoms in total. The first-order valence-electron chi connectivity index (χ1n) is 8.94. The van der Waals surface area contributed by atoms with Crippen LogP contribution in [-0.2, 0) is 14.8 Å². The van der Waals surface area contributed by atoms with Crippen molar-refractivity contribution in [2.45, 2.75) is 37.8 Å². The molecule has 150 valence electrons. The summed E-state index contributed by atoms with van der Waals surface area (Å²) in [5.74, 6) is -0.770. The van der Waals surface area contributed by atoms with Crippen molar-refractivity contribution in [1.82, 2.24) is 15.4 Å². The summed E-state index contributed by atoms with van der Waals surface area (Å²) < 4.78 is 26.7. The molecular formula is C20H25N3O4S. The van der Waals surface area contributed by atoms with E-state index in [2.05, 4.69) is 15.4 Å². The first kappa shape index (κ1) is 21.6. The van der Waals surface area contributed by atoms with Gasteiger partial charge >= 0.3 is 0 Å². The molecule has 28 heavy (non-hydrogen) atoms. The fourth-order valence-corrected chi connectivity index (χ4v) is 3.80. The molecule has 8 heteroatoms. The highest BCUT2D eigenvalue weighted by atomic mass is 32.2. The maximum absolute atomic E-state index is 12.2. The van der Waals surface area contributed by atoms with Gasteiger partial charge in [0.25, 0.3) is 5.91 Å². The molecule has 1 atom stereocenters. The van der Waals surface area contributed by atoms with E-state index in [0.29, 0.717) is 0 Å². The molecule has 0 spiro atoms. The Balaban J connectivity index is 1.90. The van der Waals surface area contributed by atoms with Crippen molar-refractivity contribution in [1.29, 1.82) is 0 Å². The van der Waals surface area contributed by atoms with Crippen LogP contribution in [0.25, 0.3) is 0 Å². The molecule has 0 heterocycles. The third-order valence-electron chi connectivity index (χ3n) is 3.90. The molecule has 3 N–H and O–H groups in total. The summed E-state index contributed by atoms with van der Waals surface area (Å²) in [7, 11) is -3.61. The highest BCUT2D eigenvalue weighted by molar-refractivity contribution is 7.89. The van der Waals surface area contributed by atoms with Gasteiger partial charge in [0, 0.05) is 11.6 Å². The van der Waals surface area contributed by atoms with Gasteiger partial charge in [0.15, 0.2) is 0 Å². The number of rotatable bonds is 8. The second kappa shape index (κ2) is 9.48. The SMILES string of the molecule is CC(C)NS(=O)(=O)c1ccc(C(=O)NCC(=O)N[C@H](C)c2ccccc2)cc1. The van der Waals surface area contributed by atoms with E-state index < -0.39 is 15.9 Å². The number of hydrogen-bond acceptors (Lipinski definition) is 4. The Bertz CT molecular complexity index is 910. The minimum atomic E-state index is -3.61. The van der Waals surface area contributed by atoms with Crippen LogP contribution >= 0.6 is 0 Å². The predicted octanol–water partition coefficient (Wildman–Crippen LogP) is 1.98. The fraction of sp³-hybridized carbons (Fsp3) is 0.300. The molecule has 0 bridgehead atoms. The van der Waals surface area contributed by atoms with Gasteiger partial charge < -0.3 is 10.6 Å². The van der Waals surface area contributed by atoms with Gasteiger partial charge in [0.2, 0.25) is 15.9 Å². The molecular weight excluding hydrogens is 378 g/mol. The highest BCUT2D eigenvalue weighted by Gasteiger charge is 2.16. The smallest absolute Gasteiger partial charge is 0.251 e. The van der Waals surface area contributed by atoms with Crippen molar-refractivity contribution >= 4 is 21.8 Å². The van der Waals surface area contributed by atoms with Crippen LogP contribution in [0.15, 0.2) is 59.5 Å². The summed E-state index contributed by atoms with van der Waals surface area (Å²) >= 11 is 0. The molecule has 2 aromatic carbocycles. The van der Waals surface area contributed by atoms with Gasteiger partial charge in [-0.1, -0.05) is 30.3 Å². The van der Waals surface area contributed by atoms with Crippen LogP contribution in [0.3, 0.4) is 0 Å². The predicted molar refractivity (Wildman–Crippen MR) is 107 cm³/mol. The zero-order valence-corrected chi connectivity index (χ0v) is 16.9. The highest BCUT2D eigenvalue weighted by Crippen LogP contribution is 2.12. The first-order chi connectivity index (χ1) is 13.2. The Hall–Kier alpha value is -2.71. The molecule has 2 rings (SSSR count). The zero-order valence-electron chi connectivity index (χ0n) is 16.1. The number of benzene rings is 2. The molecule has 0 aliphatic heterocycles. The summed E-state index contributed by atoms with van der Waals surface area (Å²) in [6.45, 7) is 5.14. The number of carbonyl (C=O) groups excluding carboxylic acids is 2. The van der Waals surface area contributed by atoms with E-state index in [1.807, 2.05) is 37.3 Å². The van der Waals surface area contributed by atoms with Gasteiger partial charge in [-0.3, -0.25) is 9.59 Å². The molecule has 2 amide bonds. The largest absolute Gasteiger partial charge is 0.348 e. The fourth-order valence-electron chi connectivity index (χ4n) is 2.54. The summed E-state index contributed by atoms with van der Waals surface area (Å²) in [4.78, 5) is 24.3. The minimum Gasteiger partial charge on any atom is -0.348 e. The van der Waals surface area contributed by atoms with Crippen molar-refractivity contribution in [3.8, 4) is 0 Å². The van der Waals surface area contributed by atoms with Crippen molar-refractivity contribution in [3.63, 3.8) is 0 Å². The number of amides is 2. The molecule has 0 fully saturated rings. The summed E-state index contributed by atoms with van der Waals surface area (Å²) in [5.41, 5.74) is 1.24. The Morgan fingerprint density at radius 3 is 2.11 bits per heavy atom. The normalized spacial score (nSPS) is 12.4. The lowest BCUT2D eigenvalue weighted by Crippen LogP contribution is -2.38. The van der Waals surface area contributed by atoms with Crippen molar-refractivity contribution in [2.75, 3.05) is 6.54 Å². The number of nitrogens with one attached hydrogen (secondary N) is 3. The minimum absolute atomic E-state index is 0.0761.